The minimum Gasteiger partial charge on any atom is -0.396 e. The monoisotopic (exact) mass is 304 g/mol. The van der Waals surface area contributed by atoms with E-state index in [1.54, 1.807) is 0 Å². The Morgan fingerprint density at radius 2 is 2.05 bits per heavy atom. The predicted molar refractivity (Wildman–Crippen MR) is 88.8 cm³/mol. The molecule has 122 valence electrons. The molecule has 1 aromatic rings. The lowest BCUT2D eigenvalue weighted by Crippen LogP contribution is -2.30. The first kappa shape index (κ1) is 17.0. The van der Waals surface area contributed by atoms with Crippen LogP contribution in [-0.4, -0.2) is 53.1 Å². The molecule has 22 heavy (non-hydrogen) atoms. The molecule has 1 atom stereocenters. The van der Waals surface area contributed by atoms with Gasteiger partial charge >= 0.3 is 0 Å². The number of hydrogen-bond acceptors (Lipinski definition) is 3. The molecule has 1 aromatic carbocycles. The molecule has 2 rings (SSSR count). The lowest BCUT2D eigenvalue weighted by atomic mass is 10.1. The number of hydrogen-bond donors (Lipinski definition) is 1. The van der Waals surface area contributed by atoms with Crippen molar-refractivity contribution in [3.05, 3.63) is 35.4 Å². The molecule has 1 saturated heterocycles. The van der Waals surface area contributed by atoms with Gasteiger partial charge in [-0.1, -0.05) is 19.1 Å². The third kappa shape index (κ3) is 4.08. The molecular weight excluding hydrogens is 276 g/mol. The Labute approximate surface area is 133 Å². The first-order chi connectivity index (χ1) is 10.5. The molecular formula is C18H28N2O2. The summed E-state index contributed by atoms with van der Waals surface area (Å²) in [5, 5.41) is 9.18. The highest BCUT2D eigenvalue weighted by Gasteiger charge is 2.26. The molecule has 0 bridgehead atoms. The van der Waals surface area contributed by atoms with Crippen molar-refractivity contribution in [3.63, 3.8) is 0 Å². The van der Waals surface area contributed by atoms with Gasteiger partial charge in [0.1, 0.15) is 0 Å². The van der Waals surface area contributed by atoms with E-state index in [-0.39, 0.29) is 18.4 Å². The predicted octanol–water partition coefficient (Wildman–Crippen LogP) is 2.37. The average molecular weight is 304 g/mol. The third-order valence-corrected chi connectivity index (χ3v) is 4.55. The van der Waals surface area contributed by atoms with Crippen molar-refractivity contribution in [1.82, 2.24) is 9.80 Å². The van der Waals surface area contributed by atoms with Crippen LogP contribution in [-0.2, 0) is 6.54 Å². The van der Waals surface area contributed by atoms with Crippen molar-refractivity contribution < 1.29 is 9.90 Å². The zero-order valence-electron chi connectivity index (χ0n) is 14.0. The van der Waals surface area contributed by atoms with Crippen molar-refractivity contribution in [3.8, 4) is 0 Å². The molecule has 4 heteroatoms. The highest BCUT2D eigenvalue weighted by atomic mass is 16.3. The van der Waals surface area contributed by atoms with Crippen molar-refractivity contribution in [2.75, 3.05) is 26.2 Å². The highest BCUT2D eigenvalue weighted by molar-refractivity contribution is 5.94. The summed E-state index contributed by atoms with van der Waals surface area (Å²) in [4.78, 5) is 16.7. The van der Waals surface area contributed by atoms with Crippen LogP contribution in [0.4, 0.5) is 0 Å². The Hall–Kier alpha value is -1.39. The number of benzene rings is 1. The molecule has 1 unspecified atom stereocenters. The Kier molecular flexibility index (Phi) is 5.98. The van der Waals surface area contributed by atoms with Crippen LogP contribution < -0.4 is 0 Å². The van der Waals surface area contributed by atoms with Crippen molar-refractivity contribution in [2.24, 2.45) is 5.92 Å². The summed E-state index contributed by atoms with van der Waals surface area (Å²) in [7, 11) is 0. The molecule has 1 fully saturated rings. The quantitative estimate of drug-likeness (QED) is 0.877. The minimum atomic E-state index is 0.0821. The number of aliphatic hydroxyl groups is 1. The highest BCUT2D eigenvalue weighted by Crippen LogP contribution is 2.19. The fourth-order valence-corrected chi connectivity index (χ4v) is 3.00. The molecule has 1 amide bonds. The fraction of sp³-hybridized carbons (Fsp3) is 0.611. The smallest absolute Gasteiger partial charge is 0.253 e. The summed E-state index contributed by atoms with van der Waals surface area (Å²) >= 11 is 0. The first-order valence-corrected chi connectivity index (χ1v) is 8.28. The summed E-state index contributed by atoms with van der Waals surface area (Å²) in [6, 6.07) is 8.48. The van der Waals surface area contributed by atoms with Crippen molar-refractivity contribution >= 4 is 5.91 Å². The molecule has 0 aromatic heterocycles. The summed E-state index contributed by atoms with van der Waals surface area (Å²) < 4.78 is 0. The van der Waals surface area contributed by atoms with Gasteiger partial charge in [-0.15, -0.1) is 0 Å². The van der Waals surface area contributed by atoms with E-state index in [9.17, 15) is 9.90 Å². The Bertz CT molecular complexity index is 484. The van der Waals surface area contributed by atoms with Gasteiger partial charge in [0, 0.05) is 43.8 Å². The maximum atomic E-state index is 12.4. The lowest BCUT2D eigenvalue weighted by Gasteiger charge is -2.24. The fourth-order valence-electron chi connectivity index (χ4n) is 3.00. The number of rotatable bonds is 6. The third-order valence-electron chi connectivity index (χ3n) is 4.55. The minimum absolute atomic E-state index is 0.0821. The van der Waals surface area contributed by atoms with E-state index < -0.39 is 0 Å². The van der Waals surface area contributed by atoms with E-state index in [2.05, 4.69) is 37.8 Å². The van der Waals surface area contributed by atoms with E-state index in [1.807, 2.05) is 17.0 Å². The molecule has 0 spiro atoms. The second-order valence-corrected chi connectivity index (χ2v) is 6.44. The molecule has 0 aliphatic carbocycles. The van der Waals surface area contributed by atoms with E-state index in [0.29, 0.717) is 12.6 Å². The van der Waals surface area contributed by atoms with Gasteiger partial charge in [0.05, 0.1) is 0 Å². The summed E-state index contributed by atoms with van der Waals surface area (Å²) in [6.07, 6.45) is 0.903. The second kappa shape index (κ2) is 7.75. The van der Waals surface area contributed by atoms with Crippen molar-refractivity contribution in [1.29, 1.82) is 0 Å². The van der Waals surface area contributed by atoms with E-state index in [4.69, 9.17) is 0 Å². The van der Waals surface area contributed by atoms with E-state index in [1.165, 1.54) is 5.56 Å². The van der Waals surface area contributed by atoms with Crippen LogP contribution in [0.5, 0.6) is 0 Å². The van der Waals surface area contributed by atoms with Crippen LogP contribution in [0.15, 0.2) is 24.3 Å². The first-order valence-electron chi connectivity index (χ1n) is 8.28. The van der Waals surface area contributed by atoms with Crippen molar-refractivity contribution in [2.45, 2.75) is 39.8 Å². The second-order valence-electron chi connectivity index (χ2n) is 6.44. The zero-order chi connectivity index (χ0) is 16.1. The number of amides is 1. The van der Waals surface area contributed by atoms with E-state index in [0.717, 1.165) is 31.6 Å². The Morgan fingerprint density at radius 1 is 1.36 bits per heavy atom. The SMILES string of the molecule is CCN(Cc1ccc(C(=O)N2CCC(CO)C2)cc1)C(C)C. The van der Waals surface area contributed by atoms with Gasteiger partial charge < -0.3 is 10.0 Å². The largest absolute Gasteiger partial charge is 0.396 e. The summed E-state index contributed by atoms with van der Waals surface area (Å²) in [5.41, 5.74) is 1.98. The van der Waals surface area contributed by atoms with Crippen LogP contribution >= 0.6 is 0 Å². The average Bonchev–Trinajstić information content (AvgIpc) is 3.01. The van der Waals surface area contributed by atoms with Gasteiger partial charge in [-0.3, -0.25) is 9.69 Å². The number of nitrogens with zero attached hydrogens (tertiary/aromatic N) is 2. The maximum absolute atomic E-state index is 12.4. The molecule has 1 N–H and O–H groups in total. The Balaban J connectivity index is 1.98. The van der Waals surface area contributed by atoms with Gasteiger partial charge in [-0.2, -0.15) is 0 Å². The number of carbonyl (C=O) groups excluding carboxylic acids is 1. The van der Waals surface area contributed by atoms with Gasteiger partial charge in [-0.05, 0) is 44.5 Å². The number of carbonyl (C=O) groups is 1. The summed E-state index contributed by atoms with van der Waals surface area (Å²) in [5.74, 6) is 0.325. The molecule has 1 aliphatic heterocycles. The number of aliphatic hydroxyl groups excluding tert-OH is 1. The molecule has 1 aliphatic rings. The molecule has 4 nitrogen and oxygen atoms in total. The maximum Gasteiger partial charge on any atom is 0.253 e. The molecule has 0 saturated carbocycles. The van der Waals surface area contributed by atoms with E-state index >= 15 is 0 Å². The normalized spacial score (nSPS) is 18.5. The van der Waals surface area contributed by atoms with Crippen LogP contribution in [0.25, 0.3) is 0 Å². The lowest BCUT2D eigenvalue weighted by molar-refractivity contribution is 0.0782. The van der Waals surface area contributed by atoms with Crippen LogP contribution in [0, 0.1) is 5.92 Å². The summed E-state index contributed by atoms with van der Waals surface area (Å²) in [6.45, 7) is 10.1. The standard InChI is InChI=1S/C18H28N2O2/c1-4-19(14(2)3)11-15-5-7-17(8-6-15)18(22)20-10-9-16(12-20)13-21/h5-8,14,16,21H,4,9-13H2,1-3H3. The topological polar surface area (TPSA) is 43.8 Å². The molecule has 1 heterocycles. The van der Waals surface area contributed by atoms with Gasteiger partial charge in [0.25, 0.3) is 5.91 Å². The molecule has 0 radical (unpaired) electrons. The zero-order valence-corrected chi connectivity index (χ0v) is 14.0. The van der Waals surface area contributed by atoms with Crippen LogP contribution in [0.1, 0.15) is 43.1 Å². The Morgan fingerprint density at radius 3 is 2.55 bits per heavy atom. The van der Waals surface area contributed by atoms with Crippen LogP contribution in [0.3, 0.4) is 0 Å². The van der Waals surface area contributed by atoms with Crippen LogP contribution in [0.2, 0.25) is 0 Å². The van der Waals surface area contributed by atoms with Gasteiger partial charge in [0.15, 0.2) is 0 Å². The number of likely N-dealkylation sites (tertiary alicyclic amines) is 1. The van der Waals surface area contributed by atoms with Gasteiger partial charge in [-0.25, -0.2) is 0 Å². The van der Waals surface area contributed by atoms with Gasteiger partial charge in [0.2, 0.25) is 0 Å².